The summed E-state index contributed by atoms with van der Waals surface area (Å²) in [6.07, 6.45) is -3.66. The number of halogens is 3. The summed E-state index contributed by atoms with van der Waals surface area (Å²) < 4.78 is 41.4. The van der Waals surface area contributed by atoms with Gasteiger partial charge in [-0.2, -0.15) is 13.2 Å². The molecule has 7 heteroatoms. The summed E-state index contributed by atoms with van der Waals surface area (Å²) in [5.41, 5.74) is -0.816. The molecule has 2 N–H and O–H groups in total. The molecule has 17 heavy (non-hydrogen) atoms. The maximum absolute atomic E-state index is 12.1. The molecule has 0 aromatic rings. The molecule has 2 saturated heterocycles. The number of carbonyl (C=O) groups excluding carboxylic acids is 1. The second-order valence-electron chi connectivity index (χ2n) is 4.62. The summed E-state index contributed by atoms with van der Waals surface area (Å²) in [5.74, 6) is -0.478. The summed E-state index contributed by atoms with van der Waals surface area (Å²) in [5, 5.41) is 5.03. The second kappa shape index (κ2) is 4.45. The Hall–Kier alpha value is -0.820. The third kappa shape index (κ3) is 2.55. The van der Waals surface area contributed by atoms with Gasteiger partial charge in [0.1, 0.15) is 6.54 Å². The van der Waals surface area contributed by atoms with Crippen LogP contribution in [0.1, 0.15) is 6.42 Å². The fourth-order valence-corrected chi connectivity index (χ4v) is 2.52. The molecule has 0 radical (unpaired) electrons. The van der Waals surface area contributed by atoms with Gasteiger partial charge in [-0.1, -0.05) is 0 Å². The normalized spacial score (nSPS) is 33.2. The van der Waals surface area contributed by atoms with Crippen LogP contribution >= 0.6 is 0 Å². The number of carbonyl (C=O) groups is 1. The highest BCUT2D eigenvalue weighted by Gasteiger charge is 2.51. The average molecular weight is 252 g/mol. The lowest BCUT2D eigenvalue weighted by atomic mass is 9.75. The standard InChI is InChI=1S/C10H15F3N2O2/c11-10(12,13)5-15-8(16)9-4-14-3-7(9)1-2-17-6-9/h7,14H,1-6H2,(H,15,16)/t7-,9+/m1/s1. The Morgan fingerprint density at radius 2 is 2.29 bits per heavy atom. The number of amides is 1. The van der Waals surface area contributed by atoms with E-state index in [2.05, 4.69) is 5.32 Å². The van der Waals surface area contributed by atoms with Crippen molar-refractivity contribution in [3.05, 3.63) is 0 Å². The summed E-state index contributed by atoms with van der Waals surface area (Å²) in [6.45, 7) is 0.555. The Bertz CT molecular complexity index is 308. The Kier molecular flexibility index (Phi) is 3.31. The first-order valence-corrected chi connectivity index (χ1v) is 5.57. The molecule has 2 aliphatic heterocycles. The van der Waals surface area contributed by atoms with Gasteiger partial charge in [0.25, 0.3) is 0 Å². The van der Waals surface area contributed by atoms with Crippen LogP contribution in [0.3, 0.4) is 0 Å². The lowest BCUT2D eigenvalue weighted by molar-refractivity contribution is -0.152. The Balaban J connectivity index is 2.01. The van der Waals surface area contributed by atoms with Crippen molar-refractivity contribution in [1.29, 1.82) is 0 Å². The lowest BCUT2D eigenvalue weighted by Gasteiger charge is -2.36. The zero-order valence-corrected chi connectivity index (χ0v) is 9.27. The molecule has 0 bridgehead atoms. The van der Waals surface area contributed by atoms with Crippen LogP contribution in [0.25, 0.3) is 0 Å². The monoisotopic (exact) mass is 252 g/mol. The van der Waals surface area contributed by atoms with E-state index in [-0.39, 0.29) is 12.5 Å². The van der Waals surface area contributed by atoms with Gasteiger partial charge in [-0.05, 0) is 18.9 Å². The van der Waals surface area contributed by atoms with E-state index in [1.165, 1.54) is 0 Å². The molecule has 0 aliphatic carbocycles. The topological polar surface area (TPSA) is 50.4 Å². The van der Waals surface area contributed by atoms with Gasteiger partial charge in [-0.3, -0.25) is 4.79 Å². The van der Waals surface area contributed by atoms with Gasteiger partial charge in [-0.15, -0.1) is 0 Å². The fourth-order valence-electron chi connectivity index (χ4n) is 2.52. The van der Waals surface area contributed by atoms with Gasteiger partial charge < -0.3 is 15.4 Å². The molecule has 2 heterocycles. The summed E-state index contributed by atoms with van der Waals surface area (Å²) in [4.78, 5) is 11.9. The minimum absolute atomic E-state index is 0.0736. The van der Waals surface area contributed by atoms with Gasteiger partial charge in [0.15, 0.2) is 0 Å². The van der Waals surface area contributed by atoms with E-state index in [4.69, 9.17) is 4.74 Å². The molecule has 2 atom stereocenters. The van der Waals surface area contributed by atoms with Crippen molar-refractivity contribution < 1.29 is 22.7 Å². The first-order valence-electron chi connectivity index (χ1n) is 5.57. The maximum Gasteiger partial charge on any atom is 0.405 e. The zero-order valence-electron chi connectivity index (χ0n) is 9.27. The number of alkyl halides is 3. The van der Waals surface area contributed by atoms with Gasteiger partial charge in [0, 0.05) is 13.2 Å². The Labute approximate surface area is 96.9 Å². The molecular weight excluding hydrogens is 237 g/mol. The van der Waals surface area contributed by atoms with Crippen molar-refractivity contribution in [2.24, 2.45) is 11.3 Å². The van der Waals surface area contributed by atoms with E-state index in [9.17, 15) is 18.0 Å². The predicted molar refractivity (Wildman–Crippen MR) is 53.3 cm³/mol. The molecule has 0 spiro atoms. The predicted octanol–water partition coefficient (Wildman–Crippen LogP) is 0.291. The van der Waals surface area contributed by atoms with Crippen LogP contribution in [0, 0.1) is 11.3 Å². The molecule has 0 aromatic heterocycles. The highest BCUT2D eigenvalue weighted by Crippen LogP contribution is 2.37. The number of rotatable bonds is 2. The van der Waals surface area contributed by atoms with Crippen LogP contribution in [-0.2, 0) is 9.53 Å². The van der Waals surface area contributed by atoms with E-state index in [0.717, 1.165) is 0 Å². The number of hydrogen-bond donors (Lipinski definition) is 2. The van der Waals surface area contributed by atoms with Crippen molar-refractivity contribution in [2.75, 3.05) is 32.8 Å². The molecule has 2 rings (SSSR count). The van der Waals surface area contributed by atoms with Crippen molar-refractivity contribution >= 4 is 5.91 Å². The van der Waals surface area contributed by atoms with Gasteiger partial charge in [-0.25, -0.2) is 0 Å². The third-order valence-electron chi connectivity index (χ3n) is 3.48. The largest absolute Gasteiger partial charge is 0.405 e. The van der Waals surface area contributed by atoms with Gasteiger partial charge >= 0.3 is 6.18 Å². The quantitative estimate of drug-likeness (QED) is 0.742. The minimum atomic E-state index is -4.37. The Morgan fingerprint density at radius 1 is 1.53 bits per heavy atom. The SMILES string of the molecule is O=C(NCC(F)(F)F)[C@]12CNC[C@H]1CCOC2. The van der Waals surface area contributed by atoms with Crippen LogP contribution in [0.2, 0.25) is 0 Å². The second-order valence-corrected chi connectivity index (χ2v) is 4.62. The fraction of sp³-hybridized carbons (Fsp3) is 0.900. The van der Waals surface area contributed by atoms with Crippen LogP contribution in [0.4, 0.5) is 13.2 Å². The lowest BCUT2D eigenvalue weighted by Crippen LogP contribution is -2.53. The molecule has 0 aromatic carbocycles. The molecule has 4 nitrogen and oxygen atoms in total. The molecular formula is C10H15F3N2O2. The first-order chi connectivity index (χ1) is 7.94. The molecule has 0 saturated carbocycles. The molecule has 1 amide bonds. The summed E-state index contributed by atoms with van der Waals surface area (Å²) >= 11 is 0. The van der Waals surface area contributed by atoms with E-state index in [1.54, 1.807) is 0 Å². The molecule has 2 aliphatic rings. The summed E-state index contributed by atoms with van der Waals surface area (Å²) in [6, 6.07) is 0. The van der Waals surface area contributed by atoms with Crippen LogP contribution in [0.15, 0.2) is 0 Å². The van der Waals surface area contributed by atoms with E-state index in [0.29, 0.717) is 26.1 Å². The maximum atomic E-state index is 12.1. The average Bonchev–Trinajstić information content (AvgIpc) is 2.69. The van der Waals surface area contributed by atoms with Crippen LogP contribution in [-0.4, -0.2) is 44.9 Å². The van der Waals surface area contributed by atoms with Crippen molar-refractivity contribution in [3.63, 3.8) is 0 Å². The first kappa shape index (κ1) is 12.6. The van der Waals surface area contributed by atoms with Crippen molar-refractivity contribution in [3.8, 4) is 0 Å². The van der Waals surface area contributed by atoms with Gasteiger partial charge in [0.2, 0.25) is 5.91 Å². The van der Waals surface area contributed by atoms with E-state index >= 15 is 0 Å². The third-order valence-corrected chi connectivity index (χ3v) is 3.48. The van der Waals surface area contributed by atoms with E-state index < -0.39 is 24.0 Å². The number of ether oxygens (including phenoxy) is 1. The Morgan fingerprint density at radius 3 is 3.00 bits per heavy atom. The van der Waals surface area contributed by atoms with Crippen LogP contribution in [0.5, 0.6) is 0 Å². The smallest absolute Gasteiger partial charge is 0.380 e. The molecule has 0 unspecified atom stereocenters. The summed E-state index contributed by atoms with van der Waals surface area (Å²) in [7, 11) is 0. The van der Waals surface area contributed by atoms with Gasteiger partial charge in [0.05, 0.1) is 12.0 Å². The van der Waals surface area contributed by atoms with Crippen molar-refractivity contribution in [2.45, 2.75) is 12.6 Å². The van der Waals surface area contributed by atoms with E-state index in [1.807, 2.05) is 5.32 Å². The minimum Gasteiger partial charge on any atom is -0.380 e. The number of nitrogens with one attached hydrogen (secondary N) is 2. The van der Waals surface area contributed by atoms with Crippen LogP contribution < -0.4 is 10.6 Å². The molecule has 98 valence electrons. The molecule has 2 fully saturated rings. The number of fused-ring (bicyclic) bond motifs is 1. The zero-order chi connectivity index (χ0) is 12.5. The highest BCUT2D eigenvalue weighted by molar-refractivity contribution is 5.84. The number of hydrogen-bond acceptors (Lipinski definition) is 3. The highest BCUT2D eigenvalue weighted by atomic mass is 19.4. The van der Waals surface area contributed by atoms with Crippen molar-refractivity contribution in [1.82, 2.24) is 10.6 Å².